The molecule has 0 heterocycles. The average Bonchev–Trinajstić information content (AvgIpc) is 2.19. The molecular weight excluding hydrogens is 182 g/mol. The zero-order valence-electron chi connectivity index (χ0n) is 7.31. The summed E-state index contributed by atoms with van der Waals surface area (Å²) in [5, 5.41) is 6.89. The molecule has 0 unspecified atom stereocenters. The Morgan fingerprint density at radius 3 is 2.36 bits per heavy atom. The number of primary amides is 1. The summed E-state index contributed by atoms with van der Waals surface area (Å²) in [6, 6.07) is 6.78. The number of carboxylic acid groups (broad SMARTS) is 1. The summed E-state index contributed by atoms with van der Waals surface area (Å²) in [5.74, 6) is 1.89. The highest BCUT2D eigenvalue weighted by Crippen LogP contribution is 2.04. The second kappa shape index (κ2) is 6.26. The van der Waals surface area contributed by atoms with Crippen molar-refractivity contribution < 1.29 is 14.7 Å². The van der Waals surface area contributed by atoms with Gasteiger partial charge in [0, 0.05) is 5.56 Å². The van der Waals surface area contributed by atoms with Crippen LogP contribution in [-0.2, 0) is 4.79 Å². The number of hydrogen-bond donors (Lipinski definition) is 2. The maximum atomic E-state index is 10.7. The third-order valence-corrected chi connectivity index (χ3v) is 1.35. The van der Waals surface area contributed by atoms with Gasteiger partial charge in [0.05, 0.1) is 5.56 Å². The van der Waals surface area contributed by atoms with Gasteiger partial charge < -0.3 is 10.8 Å². The van der Waals surface area contributed by atoms with Gasteiger partial charge >= 0.3 is 0 Å². The maximum Gasteiger partial charge on any atom is 0.290 e. The standard InChI is InChI=1S/C9H7NO.CH2O2/c1-2-7-5-3-4-6-8(7)9(10)11;2-1-3/h1,3-6H,(H2,10,11);1H,(H,2,3). The largest absolute Gasteiger partial charge is 0.483 e. The van der Waals surface area contributed by atoms with E-state index in [4.69, 9.17) is 22.1 Å². The normalized spacial score (nSPS) is 7.64. The summed E-state index contributed by atoms with van der Waals surface area (Å²) in [4.78, 5) is 19.1. The van der Waals surface area contributed by atoms with Crippen molar-refractivity contribution in [2.75, 3.05) is 0 Å². The van der Waals surface area contributed by atoms with Gasteiger partial charge in [-0.05, 0) is 12.1 Å². The zero-order valence-corrected chi connectivity index (χ0v) is 7.31. The molecule has 1 amide bonds. The first-order chi connectivity index (χ1) is 6.67. The summed E-state index contributed by atoms with van der Waals surface area (Å²) in [6.07, 6.45) is 5.13. The zero-order chi connectivity index (χ0) is 11.0. The van der Waals surface area contributed by atoms with Crippen LogP contribution in [0.2, 0.25) is 0 Å². The first-order valence-corrected chi connectivity index (χ1v) is 3.60. The molecule has 0 spiro atoms. The summed E-state index contributed by atoms with van der Waals surface area (Å²) in [5.41, 5.74) is 6.00. The number of terminal acetylenes is 1. The molecule has 72 valence electrons. The number of amides is 1. The van der Waals surface area contributed by atoms with E-state index in [2.05, 4.69) is 5.92 Å². The van der Waals surface area contributed by atoms with E-state index in [0.29, 0.717) is 11.1 Å². The van der Waals surface area contributed by atoms with E-state index in [1.54, 1.807) is 24.3 Å². The van der Waals surface area contributed by atoms with E-state index in [1.807, 2.05) is 0 Å². The molecule has 0 aliphatic heterocycles. The molecule has 0 aliphatic rings. The van der Waals surface area contributed by atoms with Crippen molar-refractivity contribution in [3.8, 4) is 12.3 Å². The van der Waals surface area contributed by atoms with E-state index in [9.17, 15) is 4.79 Å². The molecular formula is C10H9NO3. The van der Waals surface area contributed by atoms with E-state index >= 15 is 0 Å². The first kappa shape index (κ1) is 11.7. The molecule has 14 heavy (non-hydrogen) atoms. The van der Waals surface area contributed by atoms with Crippen molar-refractivity contribution in [2.45, 2.75) is 0 Å². The number of nitrogens with two attached hydrogens (primary N) is 1. The molecule has 0 radical (unpaired) electrons. The second-order valence-electron chi connectivity index (χ2n) is 2.16. The van der Waals surface area contributed by atoms with Crippen molar-refractivity contribution in [3.63, 3.8) is 0 Å². The van der Waals surface area contributed by atoms with Gasteiger partial charge in [0.15, 0.2) is 0 Å². The Bertz CT molecular complexity index is 366. The molecule has 0 atom stereocenters. The minimum absolute atomic E-state index is 0.250. The van der Waals surface area contributed by atoms with Gasteiger partial charge in [0.25, 0.3) is 6.47 Å². The molecule has 1 aromatic rings. The molecule has 0 saturated heterocycles. The van der Waals surface area contributed by atoms with Crippen LogP contribution < -0.4 is 5.73 Å². The third-order valence-electron chi connectivity index (χ3n) is 1.35. The quantitative estimate of drug-likeness (QED) is 0.500. The lowest BCUT2D eigenvalue weighted by atomic mass is 10.1. The van der Waals surface area contributed by atoms with Crippen molar-refractivity contribution in [1.82, 2.24) is 0 Å². The summed E-state index contributed by atoms with van der Waals surface area (Å²) < 4.78 is 0. The van der Waals surface area contributed by atoms with Crippen molar-refractivity contribution in [3.05, 3.63) is 35.4 Å². The molecule has 1 aromatic carbocycles. The number of rotatable bonds is 1. The number of carbonyl (C=O) groups is 2. The molecule has 0 fully saturated rings. The predicted molar refractivity (Wildman–Crippen MR) is 51.6 cm³/mol. The van der Waals surface area contributed by atoms with Gasteiger partial charge in [-0.1, -0.05) is 18.1 Å². The molecule has 0 saturated carbocycles. The lowest BCUT2D eigenvalue weighted by molar-refractivity contribution is -0.122. The van der Waals surface area contributed by atoms with Gasteiger partial charge in [-0.2, -0.15) is 0 Å². The van der Waals surface area contributed by atoms with Crippen LogP contribution in [0.4, 0.5) is 0 Å². The lowest BCUT2D eigenvalue weighted by Gasteiger charge is -1.96. The topological polar surface area (TPSA) is 80.4 Å². The Kier molecular flexibility index (Phi) is 5.24. The van der Waals surface area contributed by atoms with Gasteiger partial charge in [-0.3, -0.25) is 9.59 Å². The van der Waals surface area contributed by atoms with Gasteiger partial charge in [0.2, 0.25) is 5.91 Å². The number of carbonyl (C=O) groups excluding carboxylic acids is 1. The molecule has 3 N–H and O–H groups in total. The van der Waals surface area contributed by atoms with Crippen LogP contribution >= 0.6 is 0 Å². The van der Waals surface area contributed by atoms with Crippen LogP contribution in [0.25, 0.3) is 0 Å². The monoisotopic (exact) mass is 191 g/mol. The van der Waals surface area contributed by atoms with Crippen molar-refractivity contribution in [2.24, 2.45) is 5.73 Å². The molecule has 4 heteroatoms. The summed E-state index contributed by atoms with van der Waals surface area (Å²) in [6.45, 7) is -0.250. The third kappa shape index (κ3) is 3.41. The highest BCUT2D eigenvalue weighted by molar-refractivity contribution is 5.95. The molecule has 0 aromatic heterocycles. The molecule has 0 bridgehead atoms. The first-order valence-electron chi connectivity index (χ1n) is 3.60. The van der Waals surface area contributed by atoms with Gasteiger partial charge in [-0.15, -0.1) is 6.42 Å². The molecule has 0 aliphatic carbocycles. The second-order valence-corrected chi connectivity index (χ2v) is 2.16. The van der Waals surface area contributed by atoms with Crippen LogP contribution in [-0.4, -0.2) is 17.5 Å². The van der Waals surface area contributed by atoms with Crippen LogP contribution in [0.3, 0.4) is 0 Å². The fourth-order valence-electron chi connectivity index (χ4n) is 0.824. The Hall–Kier alpha value is -2.28. The SMILES string of the molecule is C#Cc1ccccc1C(N)=O.O=CO. The van der Waals surface area contributed by atoms with Crippen LogP contribution in [0.5, 0.6) is 0 Å². The Balaban J connectivity index is 0.000000500. The maximum absolute atomic E-state index is 10.7. The van der Waals surface area contributed by atoms with Crippen molar-refractivity contribution >= 4 is 12.4 Å². The van der Waals surface area contributed by atoms with Gasteiger partial charge in [-0.25, -0.2) is 0 Å². The van der Waals surface area contributed by atoms with E-state index in [0.717, 1.165) is 0 Å². The molecule has 4 nitrogen and oxygen atoms in total. The predicted octanol–water partition coefficient (Wildman–Crippen LogP) is 0.468. The van der Waals surface area contributed by atoms with Gasteiger partial charge in [0.1, 0.15) is 0 Å². The summed E-state index contributed by atoms with van der Waals surface area (Å²) >= 11 is 0. The average molecular weight is 191 g/mol. The Labute approximate surface area is 81.4 Å². The number of hydrogen-bond acceptors (Lipinski definition) is 2. The van der Waals surface area contributed by atoms with Crippen LogP contribution in [0.15, 0.2) is 24.3 Å². The Morgan fingerprint density at radius 1 is 1.50 bits per heavy atom. The minimum atomic E-state index is -0.487. The van der Waals surface area contributed by atoms with Crippen molar-refractivity contribution in [1.29, 1.82) is 0 Å². The smallest absolute Gasteiger partial charge is 0.290 e. The lowest BCUT2D eigenvalue weighted by Crippen LogP contribution is -2.12. The highest BCUT2D eigenvalue weighted by atomic mass is 16.3. The Morgan fingerprint density at radius 2 is 2.00 bits per heavy atom. The minimum Gasteiger partial charge on any atom is -0.483 e. The fraction of sp³-hybridized carbons (Fsp3) is 0. The highest BCUT2D eigenvalue weighted by Gasteiger charge is 2.02. The van der Waals surface area contributed by atoms with Crippen LogP contribution in [0.1, 0.15) is 15.9 Å². The van der Waals surface area contributed by atoms with E-state index < -0.39 is 5.91 Å². The summed E-state index contributed by atoms with van der Waals surface area (Å²) in [7, 11) is 0. The van der Waals surface area contributed by atoms with E-state index in [-0.39, 0.29) is 6.47 Å². The van der Waals surface area contributed by atoms with Crippen LogP contribution in [0, 0.1) is 12.3 Å². The molecule has 1 rings (SSSR count). The fourth-order valence-corrected chi connectivity index (χ4v) is 0.824. The number of benzene rings is 1. The van der Waals surface area contributed by atoms with E-state index in [1.165, 1.54) is 0 Å².